The Bertz CT molecular complexity index is 288. The minimum atomic E-state index is -0.389. The molecule has 0 amide bonds. The van der Waals surface area contributed by atoms with Gasteiger partial charge in [-0.15, -0.1) is 0 Å². The van der Waals surface area contributed by atoms with Crippen molar-refractivity contribution in [1.29, 1.82) is 0 Å². The number of carbonyl (C=O) groups is 1. The van der Waals surface area contributed by atoms with E-state index in [9.17, 15) is 4.79 Å². The first-order chi connectivity index (χ1) is 8.58. The van der Waals surface area contributed by atoms with Crippen LogP contribution in [0.1, 0.15) is 48.5 Å². The van der Waals surface area contributed by atoms with E-state index in [0.717, 1.165) is 5.57 Å². The van der Waals surface area contributed by atoms with E-state index in [-0.39, 0.29) is 5.97 Å². The third-order valence-electron chi connectivity index (χ3n) is 1.65. The minimum absolute atomic E-state index is 0.389. The maximum atomic E-state index is 11.3. The molecule has 0 aromatic heterocycles. The van der Waals surface area contributed by atoms with Gasteiger partial charge in [-0.3, -0.25) is 5.43 Å². The number of hydrazone groups is 1. The van der Waals surface area contributed by atoms with Gasteiger partial charge in [0.1, 0.15) is 0 Å². The van der Waals surface area contributed by atoms with Crippen molar-refractivity contribution >= 4 is 12.7 Å². The van der Waals surface area contributed by atoms with E-state index < -0.39 is 0 Å². The Morgan fingerprint density at radius 1 is 1.22 bits per heavy atom. The zero-order valence-corrected chi connectivity index (χ0v) is 13.0. The fraction of sp³-hybridized carbons (Fsp3) is 0.571. The highest BCUT2D eigenvalue weighted by Crippen LogP contribution is 2.13. The molecule has 0 radical (unpaired) electrons. The zero-order chi connectivity index (χ0) is 15.1. The smallest absolute Gasteiger partial charge is 0.339 e. The molecule has 0 fully saturated rings. The summed E-state index contributed by atoms with van der Waals surface area (Å²) in [6.45, 7) is 16.8. The topological polar surface area (TPSA) is 50.7 Å². The van der Waals surface area contributed by atoms with Gasteiger partial charge in [0.25, 0.3) is 0 Å². The SMILES string of the molecule is C=NNC(=C(C)C)/C(=C\C)C(=O)OC.CC.CC. The molecule has 0 aromatic carbocycles. The van der Waals surface area contributed by atoms with Crippen LogP contribution in [-0.2, 0) is 9.53 Å². The fourth-order valence-electron chi connectivity index (χ4n) is 0.995. The average Bonchev–Trinajstić information content (AvgIpc) is 2.42. The van der Waals surface area contributed by atoms with Gasteiger partial charge in [-0.1, -0.05) is 39.3 Å². The Hall–Kier alpha value is -1.58. The maximum absolute atomic E-state index is 11.3. The highest BCUT2D eigenvalue weighted by molar-refractivity contribution is 5.93. The first-order valence-electron chi connectivity index (χ1n) is 6.22. The largest absolute Gasteiger partial charge is 0.465 e. The number of methoxy groups -OCH3 is 1. The Morgan fingerprint density at radius 3 is 1.89 bits per heavy atom. The molecule has 0 heterocycles. The Kier molecular flexibility index (Phi) is 18.6. The van der Waals surface area contributed by atoms with Crippen molar-refractivity contribution < 1.29 is 9.53 Å². The fourth-order valence-corrected chi connectivity index (χ4v) is 0.995. The summed E-state index contributed by atoms with van der Waals surface area (Å²) >= 11 is 0. The number of hydrogen-bond donors (Lipinski definition) is 1. The van der Waals surface area contributed by atoms with E-state index in [4.69, 9.17) is 0 Å². The molecule has 4 nitrogen and oxygen atoms in total. The van der Waals surface area contributed by atoms with Crippen LogP contribution in [0.4, 0.5) is 0 Å². The predicted octanol–water partition coefficient (Wildman–Crippen LogP) is 3.66. The second-order valence-corrected chi connectivity index (χ2v) is 2.84. The molecule has 0 aliphatic rings. The Morgan fingerprint density at radius 2 is 1.67 bits per heavy atom. The summed E-state index contributed by atoms with van der Waals surface area (Å²) in [6, 6.07) is 0. The second-order valence-electron chi connectivity index (χ2n) is 2.84. The molecule has 0 bridgehead atoms. The van der Waals surface area contributed by atoms with Crippen LogP contribution in [0.2, 0.25) is 0 Å². The van der Waals surface area contributed by atoms with Crippen LogP contribution in [0, 0.1) is 0 Å². The van der Waals surface area contributed by atoms with Crippen molar-refractivity contribution in [1.82, 2.24) is 5.43 Å². The van der Waals surface area contributed by atoms with E-state index in [0.29, 0.717) is 11.3 Å². The highest BCUT2D eigenvalue weighted by atomic mass is 16.5. The van der Waals surface area contributed by atoms with Gasteiger partial charge in [-0.05, 0) is 20.8 Å². The lowest BCUT2D eigenvalue weighted by Crippen LogP contribution is -2.16. The van der Waals surface area contributed by atoms with Crippen molar-refractivity contribution in [3.05, 3.63) is 22.9 Å². The molecule has 0 saturated heterocycles. The van der Waals surface area contributed by atoms with Crippen molar-refractivity contribution in [3.8, 4) is 0 Å². The third kappa shape index (κ3) is 8.56. The van der Waals surface area contributed by atoms with Gasteiger partial charge in [-0.2, -0.15) is 5.10 Å². The monoisotopic (exact) mass is 256 g/mol. The van der Waals surface area contributed by atoms with Gasteiger partial charge in [0.2, 0.25) is 0 Å². The zero-order valence-electron chi connectivity index (χ0n) is 13.0. The van der Waals surface area contributed by atoms with E-state index in [1.807, 2.05) is 41.5 Å². The second kappa shape index (κ2) is 15.4. The molecule has 0 unspecified atom stereocenters. The quantitative estimate of drug-likeness (QED) is 0.274. The number of ether oxygens (including phenoxy) is 1. The summed E-state index contributed by atoms with van der Waals surface area (Å²) in [7, 11) is 1.34. The molecule has 0 atom stereocenters. The van der Waals surface area contributed by atoms with Crippen molar-refractivity contribution in [2.45, 2.75) is 48.5 Å². The third-order valence-corrected chi connectivity index (χ3v) is 1.65. The van der Waals surface area contributed by atoms with Gasteiger partial charge >= 0.3 is 5.97 Å². The van der Waals surface area contributed by atoms with Crippen LogP contribution < -0.4 is 5.43 Å². The summed E-state index contributed by atoms with van der Waals surface area (Å²) in [5, 5.41) is 3.54. The molecular formula is C14H28N2O2. The van der Waals surface area contributed by atoms with Crippen LogP contribution in [0.5, 0.6) is 0 Å². The molecule has 1 N–H and O–H groups in total. The standard InChI is InChI=1S/C10H16N2O2.2C2H6/c1-6-8(10(13)14-5)9(7(2)3)12-11-4;2*1-2/h6,12H,4H2,1-3,5H3;2*1-2H3/b8-6+;;. The molecule has 4 heteroatoms. The first kappa shape index (κ1) is 21.7. The van der Waals surface area contributed by atoms with Crippen LogP contribution in [-0.4, -0.2) is 19.8 Å². The number of nitrogens with one attached hydrogen (secondary N) is 1. The number of rotatable bonds is 4. The summed E-state index contributed by atoms with van der Waals surface area (Å²) in [5.41, 5.74) is 4.71. The number of carbonyl (C=O) groups excluding carboxylic acids is 1. The highest BCUT2D eigenvalue weighted by Gasteiger charge is 2.14. The maximum Gasteiger partial charge on any atom is 0.339 e. The summed E-state index contributed by atoms with van der Waals surface area (Å²) in [5.74, 6) is -0.389. The average molecular weight is 256 g/mol. The van der Waals surface area contributed by atoms with Crippen LogP contribution in [0.25, 0.3) is 0 Å². The van der Waals surface area contributed by atoms with E-state index in [1.165, 1.54) is 7.11 Å². The van der Waals surface area contributed by atoms with Crippen molar-refractivity contribution in [3.63, 3.8) is 0 Å². The lowest BCUT2D eigenvalue weighted by atomic mass is 10.1. The molecule has 0 aliphatic carbocycles. The normalized spacial score (nSPS) is 8.78. The molecule has 0 spiro atoms. The van der Waals surface area contributed by atoms with Gasteiger partial charge < -0.3 is 4.74 Å². The van der Waals surface area contributed by atoms with E-state index in [2.05, 4.69) is 22.0 Å². The number of allylic oxidation sites excluding steroid dienone is 2. The lowest BCUT2D eigenvalue weighted by molar-refractivity contribution is -0.135. The molecule has 18 heavy (non-hydrogen) atoms. The van der Waals surface area contributed by atoms with Gasteiger partial charge in [0, 0.05) is 6.72 Å². The minimum Gasteiger partial charge on any atom is -0.465 e. The van der Waals surface area contributed by atoms with E-state index in [1.54, 1.807) is 13.0 Å². The summed E-state index contributed by atoms with van der Waals surface area (Å²) in [6.07, 6.45) is 1.67. The molecule has 0 aromatic rings. The van der Waals surface area contributed by atoms with Gasteiger partial charge in [0.15, 0.2) is 0 Å². The summed E-state index contributed by atoms with van der Waals surface area (Å²) in [4.78, 5) is 11.3. The Labute approximate surface area is 112 Å². The van der Waals surface area contributed by atoms with Crippen LogP contribution >= 0.6 is 0 Å². The molecule has 0 aliphatic heterocycles. The summed E-state index contributed by atoms with van der Waals surface area (Å²) < 4.78 is 4.64. The van der Waals surface area contributed by atoms with Gasteiger partial charge in [0.05, 0.1) is 18.4 Å². The molecule has 0 saturated carbocycles. The van der Waals surface area contributed by atoms with Gasteiger partial charge in [-0.25, -0.2) is 4.79 Å². The van der Waals surface area contributed by atoms with Crippen LogP contribution in [0.3, 0.4) is 0 Å². The van der Waals surface area contributed by atoms with Crippen LogP contribution in [0.15, 0.2) is 28.0 Å². The van der Waals surface area contributed by atoms with Crippen molar-refractivity contribution in [2.24, 2.45) is 5.10 Å². The van der Waals surface area contributed by atoms with Crippen molar-refractivity contribution in [2.75, 3.05) is 7.11 Å². The lowest BCUT2D eigenvalue weighted by Gasteiger charge is -2.10. The van der Waals surface area contributed by atoms with E-state index >= 15 is 0 Å². The molecule has 0 rings (SSSR count). The molecule has 106 valence electrons. The number of esters is 1. The number of hydrogen-bond acceptors (Lipinski definition) is 4. The molecular weight excluding hydrogens is 228 g/mol. The number of nitrogens with zero attached hydrogens (tertiary/aromatic N) is 1. The Balaban J connectivity index is -0.000000506. The predicted molar refractivity (Wildman–Crippen MR) is 79.5 cm³/mol. The first-order valence-corrected chi connectivity index (χ1v) is 6.22.